The quantitative estimate of drug-likeness (QED) is 0.741. The molecule has 0 saturated carbocycles. The van der Waals surface area contributed by atoms with Gasteiger partial charge in [-0.3, -0.25) is 0 Å². The van der Waals surface area contributed by atoms with Gasteiger partial charge in [-0.05, 0) is 17.3 Å². The number of aryl methyl sites for hydroxylation is 1. The number of halogens is 3. The van der Waals surface area contributed by atoms with Crippen molar-refractivity contribution >= 4 is 18.4 Å². The average Bonchev–Trinajstić information content (AvgIpc) is 2.38. The van der Waals surface area contributed by atoms with Gasteiger partial charge in [0.2, 0.25) is 8.07 Å². The molecule has 0 bridgehead atoms. The molecular formula is C15H15F3Si. The van der Waals surface area contributed by atoms with E-state index in [1.54, 1.807) is 61.5 Å². The molecule has 2 rings (SSSR count). The van der Waals surface area contributed by atoms with Crippen molar-refractivity contribution in [2.75, 3.05) is 0 Å². The van der Waals surface area contributed by atoms with Crippen molar-refractivity contribution in [3.05, 3.63) is 60.2 Å². The standard InChI is InChI=1S/C15H15F3Si/c1-12-8-6-7-11-14(12)19(2,15(16,17)18)13-9-4-3-5-10-13/h3-11H,1-2H3. The third-order valence-electron chi connectivity index (χ3n) is 3.60. The van der Waals surface area contributed by atoms with E-state index < -0.39 is 13.9 Å². The zero-order valence-corrected chi connectivity index (χ0v) is 11.8. The maximum atomic E-state index is 13.7. The van der Waals surface area contributed by atoms with Gasteiger partial charge in [0.25, 0.3) is 0 Å². The van der Waals surface area contributed by atoms with Gasteiger partial charge in [0, 0.05) is 0 Å². The van der Waals surface area contributed by atoms with E-state index in [0.29, 0.717) is 15.9 Å². The molecule has 0 aliphatic heterocycles. The summed E-state index contributed by atoms with van der Waals surface area (Å²) in [6, 6.07) is 15.1. The minimum Gasteiger partial charge on any atom is -0.176 e. The van der Waals surface area contributed by atoms with Crippen LogP contribution in [0.15, 0.2) is 54.6 Å². The first-order valence-electron chi connectivity index (χ1n) is 6.05. The van der Waals surface area contributed by atoms with Crippen LogP contribution < -0.4 is 10.4 Å². The maximum absolute atomic E-state index is 13.7. The molecule has 0 saturated heterocycles. The Hall–Kier alpha value is -1.55. The highest BCUT2D eigenvalue weighted by atomic mass is 28.3. The van der Waals surface area contributed by atoms with E-state index >= 15 is 0 Å². The van der Waals surface area contributed by atoms with Gasteiger partial charge in [-0.2, -0.15) is 13.2 Å². The van der Waals surface area contributed by atoms with Crippen LogP contribution in [0.5, 0.6) is 0 Å². The van der Waals surface area contributed by atoms with E-state index in [4.69, 9.17) is 0 Å². The molecule has 0 N–H and O–H groups in total. The molecule has 100 valence electrons. The summed E-state index contributed by atoms with van der Waals surface area (Å²) in [6.07, 6.45) is 0. The lowest BCUT2D eigenvalue weighted by Gasteiger charge is -2.31. The molecule has 0 amide bonds. The van der Waals surface area contributed by atoms with Crippen LogP contribution in [0.2, 0.25) is 6.55 Å². The van der Waals surface area contributed by atoms with Gasteiger partial charge in [0.1, 0.15) is 0 Å². The van der Waals surface area contributed by atoms with E-state index in [0.717, 1.165) is 0 Å². The van der Waals surface area contributed by atoms with Crippen molar-refractivity contribution in [1.82, 2.24) is 0 Å². The smallest absolute Gasteiger partial charge is 0.176 e. The molecule has 1 atom stereocenters. The van der Waals surface area contributed by atoms with Crippen LogP contribution in [0.3, 0.4) is 0 Å². The molecule has 0 radical (unpaired) electrons. The Kier molecular flexibility index (Phi) is 3.54. The number of hydrogen-bond donors (Lipinski definition) is 0. The zero-order valence-electron chi connectivity index (χ0n) is 10.8. The largest absolute Gasteiger partial charge is 0.370 e. The Morgan fingerprint density at radius 2 is 1.37 bits per heavy atom. The third kappa shape index (κ3) is 2.32. The molecule has 1 unspecified atom stereocenters. The van der Waals surface area contributed by atoms with Gasteiger partial charge in [-0.1, -0.05) is 66.7 Å². The summed E-state index contributed by atoms with van der Waals surface area (Å²) in [5.41, 5.74) is 0.706. The summed E-state index contributed by atoms with van der Waals surface area (Å²) in [4.78, 5) is 0. The van der Waals surface area contributed by atoms with Crippen molar-refractivity contribution in [3.63, 3.8) is 0 Å². The first-order chi connectivity index (χ1) is 8.87. The van der Waals surface area contributed by atoms with Gasteiger partial charge in [0.05, 0.1) is 0 Å². The van der Waals surface area contributed by atoms with E-state index in [-0.39, 0.29) is 0 Å². The number of rotatable bonds is 2. The highest BCUT2D eigenvalue weighted by Crippen LogP contribution is 2.29. The molecule has 0 aromatic heterocycles. The predicted octanol–water partition coefficient (Wildman–Crippen LogP) is 3.29. The highest BCUT2D eigenvalue weighted by molar-refractivity contribution is 7.03. The molecule has 0 aliphatic carbocycles. The Morgan fingerprint density at radius 1 is 0.842 bits per heavy atom. The number of benzene rings is 2. The maximum Gasteiger partial charge on any atom is 0.370 e. The fraction of sp³-hybridized carbons (Fsp3) is 0.200. The summed E-state index contributed by atoms with van der Waals surface area (Å²) in [6.45, 7) is 3.12. The molecular weight excluding hydrogens is 265 g/mol. The predicted molar refractivity (Wildman–Crippen MR) is 74.6 cm³/mol. The van der Waals surface area contributed by atoms with Crippen LogP contribution in [-0.2, 0) is 0 Å². The van der Waals surface area contributed by atoms with Crippen LogP contribution in [0, 0.1) is 6.92 Å². The summed E-state index contributed by atoms with van der Waals surface area (Å²) < 4.78 is 41.2. The number of hydrogen-bond acceptors (Lipinski definition) is 0. The second-order valence-electron chi connectivity index (χ2n) is 4.80. The van der Waals surface area contributed by atoms with Crippen molar-refractivity contribution in [1.29, 1.82) is 0 Å². The summed E-state index contributed by atoms with van der Waals surface area (Å²) in [5, 5.41) is 0.838. The zero-order chi connectivity index (χ0) is 14.1. The molecule has 2 aromatic carbocycles. The molecule has 0 heterocycles. The van der Waals surface area contributed by atoms with Crippen LogP contribution >= 0.6 is 0 Å². The highest BCUT2D eigenvalue weighted by Gasteiger charge is 2.56. The second-order valence-corrected chi connectivity index (χ2v) is 8.74. The van der Waals surface area contributed by atoms with E-state index in [1.165, 1.54) is 6.55 Å². The molecule has 4 heteroatoms. The summed E-state index contributed by atoms with van der Waals surface area (Å²) in [7, 11) is -3.75. The van der Waals surface area contributed by atoms with E-state index in [1.807, 2.05) is 0 Å². The van der Waals surface area contributed by atoms with Crippen LogP contribution in [0.4, 0.5) is 13.2 Å². The third-order valence-corrected chi connectivity index (χ3v) is 7.86. The Labute approximate surface area is 111 Å². The van der Waals surface area contributed by atoms with Gasteiger partial charge in [0.15, 0.2) is 0 Å². The van der Waals surface area contributed by atoms with Gasteiger partial charge < -0.3 is 0 Å². The van der Waals surface area contributed by atoms with Crippen LogP contribution in [0.1, 0.15) is 5.56 Å². The Bertz CT molecular complexity index is 563. The summed E-state index contributed by atoms with van der Waals surface area (Å²) in [5.74, 6) is -4.21. The molecule has 0 nitrogen and oxygen atoms in total. The number of alkyl halides is 3. The molecule has 2 aromatic rings. The fourth-order valence-corrected chi connectivity index (χ4v) is 5.48. The van der Waals surface area contributed by atoms with Crippen LogP contribution in [0.25, 0.3) is 0 Å². The first kappa shape index (κ1) is 13.9. The van der Waals surface area contributed by atoms with Crippen molar-refractivity contribution in [3.8, 4) is 0 Å². The fourth-order valence-electron chi connectivity index (χ4n) is 2.38. The van der Waals surface area contributed by atoms with Gasteiger partial charge in [-0.25, -0.2) is 0 Å². The molecule has 0 aliphatic rings. The molecule has 19 heavy (non-hydrogen) atoms. The normalized spacial score (nSPS) is 15.0. The van der Waals surface area contributed by atoms with E-state index in [9.17, 15) is 13.2 Å². The Morgan fingerprint density at radius 3 is 1.89 bits per heavy atom. The lowest BCUT2D eigenvalue weighted by molar-refractivity contribution is -0.0527. The Balaban J connectivity index is 2.71. The SMILES string of the molecule is Cc1ccccc1[Si](C)(c1ccccc1)C(F)(F)F. The molecule has 0 spiro atoms. The topological polar surface area (TPSA) is 0 Å². The second kappa shape index (κ2) is 4.85. The molecule has 0 fully saturated rings. The monoisotopic (exact) mass is 280 g/mol. The lowest BCUT2D eigenvalue weighted by Crippen LogP contribution is -2.67. The lowest BCUT2D eigenvalue weighted by atomic mass is 10.2. The van der Waals surface area contributed by atoms with Crippen molar-refractivity contribution < 1.29 is 13.2 Å². The minimum atomic E-state index is -4.21. The van der Waals surface area contributed by atoms with Crippen molar-refractivity contribution in [2.24, 2.45) is 0 Å². The van der Waals surface area contributed by atoms with E-state index in [2.05, 4.69) is 0 Å². The van der Waals surface area contributed by atoms with Gasteiger partial charge >= 0.3 is 5.80 Å². The minimum absolute atomic E-state index is 0.400. The van der Waals surface area contributed by atoms with Crippen LogP contribution in [-0.4, -0.2) is 13.9 Å². The summed E-state index contributed by atoms with van der Waals surface area (Å²) >= 11 is 0. The van der Waals surface area contributed by atoms with Crippen molar-refractivity contribution in [2.45, 2.75) is 19.3 Å². The average molecular weight is 280 g/mol. The first-order valence-corrected chi connectivity index (χ1v) is 8.55. The van der Waals surface area contributed by atoms with Gasteiger partial charge in [-0.15, -0.1) is 0 Å².